The fourth-order valence-corrected chi connectivity index (χ4v) is 1.93. The normalized spacial score (nSPS) is 11.8. The van der Waals surface area contributed by atoms with Crippen LogP contribution in [0, 0.1) is 0 Å². The third-order valence-electron chi connectivity index (χ3n) is 2.73. The van der Waals surface area contributed by atoms with Crippen LogP contribution in [0.4, 0.5) is 5.69 Å². The van der Waals surface area contributed by atoms with Crippen molar-refractivity contribution in [3.05, 3.63) is 36.0 Å². The van der Waals surface area contributed by atoms with Crippen LogP contribution in [0.5, 0.6) is 0 Å². The first-order chi connectivity index (χ1) is 7.99. The van der Waals surface area contributed by atoms with Crippen LogP contribution in [-0.4, -0.2) is 10.5 Å². The van der Waals surface area contributed by atoms with Gasteiger partial charge in [0.1, 0.15) is 0 Å². The van der Waals surface area contributed by atoms with Gasteiger partial charge < -0.3 is 5.32 Å². The van der Waals surface area contributed by atoms with Crippen molar-refractivity contribution >= 4 is 16.6 Å². The Hall–Kier alpha value is -1.57. The molecule has 2 heteroatoms. The smallest absolute Gasteiger partial charge is 0.0725 e. The van der Waals surface area contributed by atoms with Gasteiger partial charge in [0.2, 0.25) is 0 Å². The van der Waals surface area contributed by atoms with E-state index in [0.717, 1.165) is 17.6 Å². The second kappa shape index (κ2) is 4.36. The molecule has 0 saturated carbocycles. The molecule has 1 aromatic carbocycles. The average Bonchev–Trinajstić information content (AvgIpc) is 2.26. The summed E-state index contributed by atoms with van der Waals surface area (Å²) < 4.78 is 0. The van der Waals surface area contributed by atoms with Crippen molar-refractivity contribution in [3.8, 4) is 0 Å². The van der Waals surface area contributed by atoms with Gasteiger partial charge >= 0.3 is 0 Å². The van der Waals surface area contributed by atoms with Gasteiger partial charge in [-0.05, 0) is 44.9 Å². The molecule has 17 heavy (non-hydrogen) atoms. The van der Waals surface area contributed by atoms with Crippen LogP contribution in [0.1, 0.15) is 33.3 Å². The standard InChI is InChI=1S/C15H20N2/c1-5-11-6-7-12-13(17-15(2,3)4)8-9-16-14(12)10-11/h6-10H,5H2,1-4H3,(H,16,17). The number of hydrogen-bond donors (Lipinski definition) is 1. The number of nitrogens with one attached hydrogen (secondary N) is 1. The van der Waals surface area contributed by atoms with Crippen LogP contribution in [0.3, 0.4) is 0 Å². The van der Waals surface area contributed by atoms with Crippen molar-refractivity contribution in [1.29, 1.82) is 0 Å². The van der Waals surface area contributed by atoms with Crippen molar-refractivity contribution in [2.24, 2.45) is 0 Å². The molecule has 0 bridgehead atoms. The van der Waals surface area contributed by atoms with E-state index in [4.69, 9.17) is 0 Å². The molecule has 0 fully saturated rings. The minimum absolute atomic E-state index is 0.0672. The number of benzene rings is 1. The summed E-state index contributed by atoms with van der Waals surface area (Å²) in [6.45, 7) is 8.66. The van der Waals surface area contributed by atoms with Gasteiger partial charge in [0.15, 0.2) is 0 Å². The number of aryl methyl sites for hydroxylation is 1. The van der Waals surface area contributed by atoms with E-state index in [0.29, 0.717) is 0 Å². The van der Waals surface area contributed by atoms with Crippen LogP contribution in [0.25, 0.3) is 10.9 Å². The van der Waals surface area contributed by atoms with Crippen molar-refractivity contribution in [1.82, 2.24) is 4.98 Å². The molecule has 0 spiro atoms. The van der Waals surface area contributed by atoms with E-state index in [9.17, 15) is 0 Å². The Morgan fingerprint density at radius 2 is 1.94 bits per heavy atom. The summed E-state index contributed by atoms with van der Waals surface area (Å²) in [5.74, 6) is 0. The predicted octanol–water partition coefficient (Wildman–Crippen LogP) is 4.01. The molecule has 0 aliphatic carbocycles. The van der Waals surface area contributed by atoms with Gasteiger partial charge in [-0.25, -0.2) is 0 Å². The van der Waals surface area contributed by atoms with Crippen LogP contribution in [0.2, 0.25) is 0 Å². The van der Waals surface area contributed by atoms with E-state index in [-0.39, 0.29) is 5.54 Å². The summed E-state index contributed by atoms with van der Waals surface area (Å²) in [5, 5.41) is 4.72. The van der Waals surface area contributed by atoms with Crippen LogP contribution in [0.15, 0.2) is 30.5 Å². The van der Waals surface area contributed by atoms with E-state index in [2.05, 4.69) is 56.2 Å². The van der Waals surface area contributed by atoms with Gasteiger partial charge in [0.05, 0.1) is 5.52 Å². The fourth-order valence-electron chi connectivity index (χ4n) is 1.93. The van der Waals surface area contributed by atoms with Crippen molar-refractivity contribution in [3.63, 3.8) is 0 Å². The molecule has 0 unspecified atom stereocenters. The highest BCUT2D eigenvalue weighted by Crippen LogP contribution is 2.25. The molecule has 1 N–H and O–H groups in total. The average molecular weight is 228 g/mol. The number of fused-ring (bicyclic) bond motifs is 1. The Labute approximate surface area is 103 Å². The third-order valence-corrected chi connectivity index (χ3v) is 2.73. The highest BCUT2D eigenvalue weighted by Gasteiger charge is 2.11. The monoisotopic (exact) mass is 228 g/mol. The molecule has 2 rings (SSSR count). The van der Waals surface area contributed by atoms with Crippen molar-refractivity contribution < 1.29 is 0 Å². The van der Waals surface area contributed by atoms with E-state index in [1.807, 2.05) is 12.3 Å². The molecule has 0 aliphatic heterocycles. The second-order valence-electron chi connectivity index (χ2n) is 5.44. The first-order valence-electron chi connectivity index (χ1n) is 6.15. The summed E-state index contributed by atoms with van der Waals surface area (Å²) in [7, 11) is 0. The summed E-state index contributed by atoms with van der Waals surface area (Å²) in [6.07, 6.45) is 2.92. The van der Waals surface area contributed by atoms with E-state index < -0.39 is 0 Å². The summed E-state index contributed by atoms with van der Waals surface area (Å²) in [5.41, 5.74) is 3.62. The molecule has 0 atom stereocenters. The second-order valence-corrected chi connectivity index (χ2v) is 5.44. The molecule has 0 aliphatic rings. The maximum atomic E-state index is 4.44. The molecule has 0 saturated heterocycles. The van der Waals surface area contributed by atoms with E-state index in [1.165, 1.54) is 10.9 Å². The molecule has 1 heterocycles. The molecule has 0 radical (unpaired) electrons. The van der Waals surface area contributed by atoms with Gasteiger partial charge in [0.25, 0.3) is 0 Å². The maximum absolute atomic E-state index is 4.44. The molecular formula is C15H20N2. The lowest BCUT2D eigenvalue weighted by atomic mass is 10.1. The third kappa shape index (κ3) is 2.76. The quantitative estimate of drug-likeness (QED) is 0.840. The maximum Gasteiger partial charge on any atom is 0.0725 e. The van der Waals surface area contributed by atoms with E-state index in [1.54, 1.807) is 0 Å². The number of pyridine rings is 1. The Morgan fingerprint density at radius 3 is 2.59 bits per heavy atom. The minimum Gasteiger partial charge on any atom is -0.380 e. The number of anilines is 1. The van der Waals surface area contributed by atoms with Gasteiger partial charge in [-0.3, -0.25) is 4.98 Å². The number of rotatable bonds is 2. The minimum atomic E-state index is 0.0672. The van der Waals surface area contributed by atoms with Crippen LogP contribution >= 0.6 is 0 Å². The lowest BCUT2D eigenvalue weighted by Crippen LogP contribution is -2.26. The van der Waals surface area contributed by atoms with Crippen molar-refractivity contribution in [2.45, 2.75) is 39.7 Å². The SMILES string of the molecule is CCc1ccc2c(NC(C)(C)C)ccnc2c1. The van der Waals surface area contributed by atoms with Gasteiger partial charge in [-0.1, -0.05) is 19.1 Å². The first kappa shape index (κ1) is 11.9. The highest BCUT2D eigenvalue weighted by atomic mass is 15.0. The molecule has 2 nitrogen and oxygen atoms in total. The lowest BCUT2D eigenvalue weighted by Gasteiger charge is -2.23. The number of hydrogen-bond acceptors (Lipinski definition) is 2. The van der Waals surface area contributed by atoms with Crippen LogP contribution in [-0.2, 0) is 6.42 Å². The van der Waals surface area contributed by atoms with Crippen LogP contribution < -0.4 is 5.32 Å². The Kier molecular flexibility index (Phi) is 3.05. The van der Waals surface area contributed by atoms with Gasteiger partial charge in [-0.15, -0.1) is 0 Å². The summed E-state index contributed by atoms with van der Waals surface area (Å²) >= 11 is 0. The number of nitrogens with zero attached hydrogens (tertiary/aromatic N) is 1. The lowest BCUT2D eigenvalue weighted by molar-refractivity contribution is 0.635. The summed E-state index contributed by atoms with van der Waals surface area (Å²) in [6, 6.07) is 8.55. The Bertz CT molecular complexity index is 524. The zero-order chi connectivity index (χ0) is 12.5. The Morgan fingerprint density at radius 1 is 1.18 bits per heavy atom. The zero-order valence-corrected chi connectivity index (χ0v) is 11.0. The Balaban J connectivity index is 2.51. The van der Waals surface area contributed by atoms with E-state index >= 15 is 0 Å². The predicted molar refractivity (Wildman–Crippen MR) is 74.5 cm³/mol. The van der Waals surface area contributed by atoms with Gasteiger partial charge in [0, 0.05) is 22.8 Å². The molecule has 90 valence electrons. The van der Waals surface area contributed by atoms with Gasteiger partial charge in [-0.2, -0.15) is 0 Å². The molecule has 0 amide bonds. The highest BCUT2D eigenvalue weighted by molar-refractivity contribution is 5.91. The summed E-state index contributed by atoms with van der Waals surface area (Å²) in [4.78, 5) is 4.44. The topological polar surface area (TPSA) is 24.9 Å². The van der Waals surface area contributed by atoms with Crippen molar-refractivity contribution in [2.75, 3.05) is 5.32 Å². The first-order valence-corrected chi connectivity index (χ1v) is 6.15. The number of aromatic nitrogens is 1. The molecule has 1 aromatic heterocycles. The molecular weight excluding hydrogens is 208 g/mol. The fraction of sp³-hybridized carbons (Fsp3) is 0.400. The largest absolute Gasteiger partial charge is 0.380 e. The zero-order valence-electron chi connectivity index (χ0n) is 11.0. The molecule has 2 aromatic rings.